The summed E-state index contributed by atoms with van der Waals surface area (Å²) in [4.78, 5) is 3.94. The lowest BCUT2D eigenvalue weighted by Gasteiger charge is -1.99. The first-order valence-electron chi connectivity index (χ1n) is 4.06. The third-order valence-corrected chi connectivity index (χ3v) is 1.48. The van der Waals surface area contributed by atoms with E-state index in [0.29, 0.717) is 0 Å². The number of rotatable bonds is 5. The Bertz CT molecular complexity index is 277. The van der Waals surface area contributed by atoms with Gasteiger partial charge in [0, 0.05) is 12.4 Å². The molecule has 0 spiro atoms. The smallest absolute Gasteiger partial charge is 0.0342 e. The van der Waals surface area contributed by atoms with Gasteiger partial charge in [-0.25, -0.2) is 0 Å². The van der Waals surface area contributed by atoms with Gasteiger partial charge in [0.25, 0.3) is 0 Å². The minimum Gasteiger partial charge on any atom is -0.265 e. The third kappa shape index (κ3) is 4.06. The van der Waals surface area contributed by atoms with Gasteiger partial charge in [-0.3, -0.25) is 4.99 Å². The standard InChI is InChI=1S/C12H15N/c1-5-9-11(6-2)12(7-3)10-13-8-4/h5-10H,1-2,4H2,3H3/b11-9-,12-7?,13-10-. The van der Waals surface area contributed by atoms with Crippen molar-refractivity contribution in [1.82, 2.24) is 0 Å². The first-order valence-corrected chi connectivity index (χ1v) is 4.06. The second-order valence-corrected chi connectivity index (χ2v) is 2.27. The molecule has 0 amide bonds. The summed E-state index contributed by atoms with van der Waals surface area (Å²) in [6.45, 7) is 12.8. The van der Waals surface area contributed by atoms with Gasteiger partial charge in [0.1, 0.15) is 0 Å². The highest BCUT2D eigenvalue weighted by atomic mass is 14.7. The molecule has 0 heterocycles. The maximum Gasteiger partial charge on any atom is 0.0342 e. The van der Waals surface area contributed by atoms with Gasteiger partial charge in [-0.05, 0) is 18.1 Å². The normalized spacial score (nSPS) is 13.0. The van der Waals surface area contributed by atoms with Crippen molar-refractivity contribution in [2.24, 2.45) is 4.99 Å². The van der Waals surface area contributed by atoms with Crippen molar-refractivity contribution in [3.8, 4) is 0 Å². The molecule has 0 aromatic carbocycles. The predicted molar refractivity (Wildman–Crippen MR) is 60.9 cm³/mol. The molecule has 0 rings (SSSR count). The number of hydrogen-bond acceptors (Lipinski definition) is 1. The fourth-order valence-corrected chi connectivity index (χ4v) is 0.858. The Morgan fingerprint density at radius 2 is 1.85 bits per heavy atom. The first-order chi connectivity index (χ1) is 6.29. The molecule has 1 heteroatoms. The van der Waals surface area contributed by atoms with Crippen LogP contribution < -0.4 is 0 Å². The van der Waals surface area contributed by atoms with Gasteiger partial charge in [-0.1, -0.05) is 44.0 Å². The quantitative estimate of drug-likeness (QED) is 0.446. The molecular weight excluding hydrogens is 158 g/mol. The molecule has 1 nitrogen and oxygen atoms in total. The molecule has 0 aromatic rings. The van der Waals surface area contributed by atoms with Crippen LogP contribution in [0.1, 0.15) is 6.92 Å². The number of hydrogen-bond donors (Lipinski definition) is 0. The SMILES string of the molecule is C=C/C=C(/C=C)C(=CC)/C=N\C=C. The van der Waals surface area contributed by atoms with E-state index in [1.807, 2.05) is 19.1 Å². The molecule has 0 unspecified atom stereocenters. The minimum atomic E-state index is 1.00. The van der Waals surface area contributed by atoms with Crippen molar-refractivity contribution in [2.75, 3.05) is 0 Å². The average molecular weight is 173 g/mol. The number of nitrogens with zero attached hydrogens (tertiary/aromatic N) is 1. The summed E-state index contributed by atoms with van der Waals surface area (Å²) >= 11 is 0. The number of aliphatic imine (C=N–C) groups is 1. The van der Waals surface area contributed by atoms with Gasteiger partial charge in [0.15, 0.2) is 0 Å². The largest absolute Gasteiger partial charge is 0.265 e. The Balaban J connectivity index is 4.85. The fraction of sp³-hybridized carbons (Fsp3) is 0.0833. The summed E-state index contributed by atoms with van der Waals surface area (Å²) in [7, 11) is 0. The molecule has 68 valence electrons. The molecule has 0 saturated heterocycles. The predicted octanol–water partition coefficient (Wildman–Crippen LogP) is 3.45. The van der Waals surface area contributed by atoms with E-state index in [-0.39, 0.29) is 0 Å². The van der Waals surface area contributed by atoms with E-state index in [2.05, 4.69) is 24.7 Å². The maximum absolute atomic E-state index is 3.94. The molecule has 0 radical (unpaired) electrons. The van der Waals surface area contributed by atoms with Crippen LogP contribution in [-0.4, -0.2) is 6.21 Å². The van der Waals surface area contributed by atoms with E-state index in [0.717, 1.165) is 11.1 Å². The van der Waals surface area contributed by atoms with E-state index < -0.39 is 0 Å². The molecule has 0 aliphatic heterocycles. The maximum atomic E-state index is 3.94. The van der Waals surface area contributed by atoms with Crippen LogP contribution >= 0.6 is 0 Å². The molecule has 0 atom stereocenters. The Kier molecular flexibility index (Phi) is 6.16. The fourth-order valence-electron chi connectivity index (χ4n) is 0.858. The molecule has 0 bridgehead atoms. The molecular formula is C12H15N. The van der Waals surface area contributed by atoms with Gasteiger partial charge in [-0.2, -0.15) is 0 Å². The van der Waals surface area contributed by atoms with E-state index in [4.69, 9.17) is 0 Å². The van der Waals surface area contributed by atoms with Crippen molar-refractivity contribution < 1.29 is 0 Å². The summed E-state index contributed by atoms with van der Waals surface area (Å²) in [5, 5.41) is 0. The lowest BCUT2D eigenvalue weighted by atomic mass is 10.1. The highest BCUT2D eigenvalue weighted by Crippen LogP contribution is 2.08. The average Bonchev–Trinajstić information content (AvgIpc) is 2.17. The molecule has 0 fully saturated rings. The first kappa shape index (κ1) is 11.4. The van der Waals surface area contributed by atoms with Crippen LogP contribution in [0.3, 0.4) is 0 Å². The summed E-state index contributed by atoms with van der Waals surface area (Å²) in [5.74, 6) is 0. The van der Waals surface area contributed by atoms with Crippen molar-refractivity contribution >= 4 is 6.21 Å². The highest BCUT2D eigenvalue weighted by Gasteiger charge is 1.94. The second kappa shape index (κ2) is 7.04. The zero-order valence-corrected chi connectivity index (χ0v) is 8.03. The van der Waals surface area contributed by atoms with E-state index in [1.165, 1.54) is 6.20 Å². The Morgan fingerprint density at radius 1 is 1.15 bits per heavy atom. The Labute approximate surface area is 80.2 Å². The zero-order valence-electron chi connectivity index (χ0n) is 8.03. The van der Waals surface area contributed by atoms with Crippen LogP contribution in [0, 0.1) is 0 Å². The van der Waals surface area contributed by atoms with Crippen LogP contribution in [0.2, 0.25) is 0 Å². The highest BCUT2D eigenvalue weighted by molar-refractivity contribution is 5.86. The topological polar surface area (TPSA) is 12.4 Å². The van der Waals surface area contributed by atoms with Gasteiger partial charge >= 0.3 is 0 Å². The summed E-state index contributed by atoms with van der Waals surface area (Å²) in [6, 6.07) is 0. The van der Waals surface area contributed by atoms with E-state index in [9.17, 15) is 0 Å². The second-order valence-electron chi connectivity index (χ2n) is 2.27. The van der Waals surface area contributed by atoms with Crippen LogP contribution in [0.4, 0.5) is 0 Å². The Hall–Kier alpha value is -1.63. The Morgan fingerprint density at radius 3 is 2.23 bits per heavy atom. The van der Waals surface area contributed by atoms with Gasteiger partial charge in [-0.15, -0.1) is 0 Å². The van der Waals surface area contributed by atoms with Crippen molar-refractivity contribution in [2.45, 2.75) is 6.92 Å². The van der Waals surface area contributed by atoms with Crippen molar-refractivity contribution in [3.63, 3.8) is 0 Å². The number of allylic oxidation sites excluding steroid dienone is 6. The van der Waals surface area contributed by atoms with Crippen LogP contribution in [0.5, 0.6) is 0 Å². The molecule has 0 aliphatic carbocycles. The summed E-state index contributed by atoms with van der Waals surface area (Å²) in [6.07, 6.45) is 10.6. The van der Waals surface area contributed by atoms with Crippen LogP contribution in [0.25, 0.3) is 0 Å². The third-order valence-electron chi connectivity index (χ3n) is 1.48. The lowest BCUT2D eigenvalue weighted by Crippen LogP contribution is -1.87. The van der Waals surface area contributed by atoms with Crippen LogP contribution in [0.15, 0.2) is 66.4 Å². The summed E-state index contributed by atoms with van der Waals surface area (Å²) in [5.41, 5.74) is 2.01. The van der Waals surface area contributed by atoms with Crippen molar-refractivity contribution in [1.29, 1.82) is 0 Å². The molecule has 0 saturated carbocycles. The minimum absolute atomic E-state index is 1.00. The van der Waals surface area contributed by atoms with Gasteiger partial charge in [0.05, 0.1) is 0 Å². The molecule has 13 heavy (non-hydrogen) atoms. The van der Waals surface area contributed by atoms with Crippen LogP contribution in [-0.2, 0) is 0 Å². The molecule has 0 N–H and O–H groups in total. The molecule has 0 aliphatic rings. The summed E-state index contributed by atoms with van der Waals surface area (Å²) < 4.78 is 0. The van der Waals surface area contributed by atoms with E-state index >= 15 is 0 Å². The lowest BCUT2D eigenvalue weighted by molar-refractivity contribution is 1.53. The van der Waals surface area contributed by atoms with Gasteiger partial charge < -0.3 is 0 Å². The van der Waals surface area contributed by atoms with Crippen molar-refractivity contribution in [3.05, 3.63) is 61.4 Å². The molecule has 0 aromatic heterocycles. The monoisotopic (exact) mass is 173 g/mol. The van der Waals surface area contributed by atoms with Gasteiger partial charge in [0.2, 0.25) is 0 Å². The zero-order chi connectivity index (χ0) is 10.1. The van der Waals surface area contributed by atoms with E-state index in [1.54, 1.807) is 18.4 Å².